The highest BCUT2D eigenvalue weighted by Gasteiger charge is 2.28. The summed E-state index contributed by atoms with van der Waals surface area (Å²) in [5.74, 6) is 0. The van der Waals surface area contributed by atoms with E-state index in [1.807, 2.05) is 0 Å². The molecule has 1 fully saturated rings. The maximum Gasteiger partial charge on any atom is 0.140 e. The molecule has 0 aliphatic carbocycles. The van der Waals surface area contributed by atoms with Crippen LogP contribution >= 0.6 is 0 Å². The quantitative estimate of drug-likeness (QED) is 0.708. The van der Waals surface area contributed by atoms with Crippen LogP contribution in [-0.4, -0.2) is 25.4 Å². The Kier molecular flexibility index (Phi) is 2.83. The van der Waals surface area contributed by atoms with Crippen molar-refractivity contribution in [3.05, 3.63) is 11.8 Å². The summed E-state index contributed by atoms with van der Waals surface area (Å²) in [7, 11) is 0. The lowest BCUT2D eigenvalue weighted by atomic mass is 9.99. The van der Waals surface area contributed by atoms with Crippen LogP contribution in [0.5, 0.6) is 0 Å². The van der Waals surface area contributed by atoms with Gasteiger partial charge in [-0.1, -0.05) is 0 Å². The first-order valence-electron chi connectivity index (χ1n) is 5.06. The standard InChI is InChI=1S/C10H16FNO/c11-10(9-4-1-5-12-9)8-3-2-6-13-7-8/h7,9-10,12H,1-6H2. The molecule has 2 heterocycles. The number of alkyl halides is 1. The van der Waals surface area contributed by atoms with Gasteiger partial charge in [0.05, 0.1) is 12.9 Å². The maximum absolute atomic E-state index is 13.8. The van der Waals surface area contributed by atoms with Gasteiger partial charge in [0, 0.05) is 6.04 Å². The van der Waals surface area contributed by atoms with E-state index in [-0.39, 0.29) is 6.04 Å². The molecule has 0 aromatic carbocycles. The summed E-state index contributed by atoms with van der Waals surface area (Å²) in [6, 6.07) is 0.0351. The molecule has 13 heavy (non-hydrogen) atoms. The van der Waals surface area contributed by atoms with E-state index in [4.69, 9.17) is 4.74 Å². The first-order valence-corrected chi connectivity index (χ1v) is 5.06. The Bertz CT molecular complexity index is 199. The zero-order valence-electron chi connectivity index (χ0n) is 7.76. The van der Waals surface area contributed by atoms with E-state index in [0.29, 0.717) is 0 Å². The molecule has 2 nitrogen and oxygen atoms in total. The van der Waals surface area contributed by atoms with Gasteiger partial charge >= 0.3 is 0 Å². The van der Waals surface area contributed by atoms with Crippen molar-refractivity contribution in [2.75, 3.05) is 13.2 Å². The number of rotatable bonds is 2. The molecular formula is C10H16FNO. The molecule has 3 heteroatoms. The number of halogens is 1. The summed E-state index contributed by atoms with van der Waals surface area (Å²) in [6.45, 7) is 1.70. The molecule has 74 valence electrons. The van der Waals surface area contributed by atoms with Gasteiger partial charge in [0.25, 0.3) is 0 Å². The van der Waals surface area contributed by atoms with Crippen LogP contribution in [0.15, 0.2) is 11.8 Å². The lowest BCUT2D eigenvalue weighted by Gasteiger charge is -2.21. The lowest BCUT2D eigenvalue weighted by Crippen LogP contribution is -2.33. The highest BCUT2D eigenvalue weighted by atomic mass is 19.1. The maximum atomic E-state index is 13.8. The predicted molar refractivity (Wildman–Crippen MR) is 49.2 cm³/mol. The zero-order chi connectivity index (χ0) is 9.10. The zero-order valence-corrected chi connectivity index (χ0v) is 7.76. The highest BCUT2D eigenvalue weighted by molar-refractivity contribution is 5.11. The molecule has 2 aliphatic rings. The molecule has 0 aromatic heterocycles. The van der Waals surface area contributed by atoms with Crippen molar-refractivity contribution in [1.29, 1.82) is 0 Å². The summed E-state index contributed by atoms with van der Waals surface area (Å²) in [5, 5.41) is 3.18. The third kappa shape index (κ3) is 2.02. The van der Waals surface area contributed by atoms with Crippen LogP contribution < -0.4 is 5.32 Å². The van der Waals surface area contributed by atoms with E-state index in [1.165, 1.54) is 0 Å². The highest BCUT2D eigenvalue weighted by Crippen LogP contribution is 2.24. The fourth-order valence-electron chi connectivity index (χ4n) is 2.01. The molecule has 2 atom stereocenters. The molecular weight excluding hydrogens is 169 g/mol. The largest absolute Gasteiger partial charge is 0.501 e. The molecule has 1 saturated heterocycles. The van der Waals surface area contributed by atoms with Gasteiger partial charge < -0.3 is 10.1 Å². The van der Waals surface area contributed by atoms with Gasteiger partial charge in [0.2, 0.25) is 0 Å². The lowest BCUT2D eigenvalue weighted by molar-refractivity contribution is 0.201. The van der Waals surface area contributed by atoms with E-state index in [0.717, 1.165) is 44.4 Å². The Morgan fingerprint density at radius 1 is 1.54 bits per heavy atom. The van der Waals surface area contributed by atoms with Crippen LogP contribution in [0.4, 0.5) is 4.39 Å². The summed E-state index contributed by atoms with van der Waals surface area (Å²) >= 11 is 0. The van der Waals surface area contributed by atoms with Gasteiger partial charge in [-0.2, -0.15) is 0 Å². The predicted octanol–water partition coefficient (Wildman–Crippen LogP) is 1.77. The third-order valence-corrected chi connectivity index (χ3v) is 2.77. The molecule has 2 unspecified atom stereocenters. The molecule has 0 radical (unpaired) electrons. The van der Waals surface area contributed by atoms with E-state index in [9.17, 15) is 4.39 Å². The monoisotopic (exact) mass is 185 g/mol. The summed E-state index contributed by atoms with van der Waals surface area (Å²) in [6.07, 6.45) is 4.66. The Labute approximate surface area is 78.2 Å². The fourth-order valence-corrected chi connectivity index (χ4v) is 2.01. The van der Waals surface area contributed by atoms with Crippen molar-refractivity contribution in [3.63, 3.8) is 0 Å². The van der Waals surface area contributed by atoms with Crippen molar-refractivity contribution in [2.24, 2.45) is 0 Å². The van der Waals surface area contributed by atoms with Crippen LogP contribution in [0, 0.1) is 0 Å². The second-order valence-electron chi connectivity index (χ2n) is 3.77. The van der Waals surface area contributed by atoms with Crippen LogP contribution in [0.2, 0.25) is 0 Å². The Morgan fingerprint density at radius 3 is 3.08 bits per heavy atom. The number of hydrogen-bond acceptors (Lipinski definition) is 2. The van der Waals surface area contributed by atoms with Gasteiger partial charge in [-0.25, -0.2) is 4.39 Å². The molecule has 0 saturated carbocycles. The minimum absolute atomic E-state index is 0.0351. The molecule has 0 bridgehead atoms. The van der Waals surface area contributed by atoms with Crippen LogP contribution in [0.25, 0.3) is 0 Å². The Hall–Kier alpha value is -0.570. The number of nitrogens with one attached hydrogen (secondary N) is 1. The van der Waals surface area contributed by atoms with Crippen LogP contribution in [0.3, 0.4) is 0 Å². The molecule has 0 aromatic rings. The van der Waals surface area contributed by atoms with Crippen molar-refractivity contribution in [1.82, 2.24) is 5.32 Å². The summed E-state index contributed by atoms with van der Waals surface area (Å²) < 4.78 is 18.9. The first kappa shape index (κ1) is 9.00. The van der Waals surface area contributed by atoms with Crippen molar-refractivity contribution in [3.8, 4) is 0 Å². The average Bonchev–Trinajstić information content (AvgIpc) is 2.71. The molecule has 2 rings (SSSR count). The minimum Gasteiger partial charge on any atom is -0.501 e. The van der Waals surface area contributed by atoms with E-state index < -0.39 is 6.17 Å². The van der Waals surface area contributed by atoms with E-state index >= 15 is 0 Å². The van der Waals surface area contributed by atoms with Crippen molar-refractivity contribution >= 4 is 0 Å². The van der Waals surface area contributed by atoms with Gasteiger partial charge in [-0.05, 0) is 37.8 Å². The topological polar surface area (TPSA) is 21.3 Å². The Morgan fingerprint density at radius 2 is 2.46 bits per heavy atom. The SMILES string of the molecule is FC(C1=COCCC1)C1CCCN1. The second-order valence-corrected chi connectivity index (χ2v) is 3.77. The van der Waals surface area contributed by atoms with E-state index in [2.05, 4.69) is 5.32 Å². The van der Waals surface area contributed by atoms with Crippen LogP contribution in [-0.2, 0) is 4.74 Å². The normalized spacial score (nSPS) is 30.8. The van der Waals surface area contributed by atoms with Crippen LogP contribution in [0.1, 0.15) is 25.7 Å². The first-order chi connectivity index (χ1) is 6.38. The molecule has 0 amide bonds. The van der Waals surface area contributed by atoms with Gasteiger partial charge in [0.15, 0.2) is 0 Å². The molecule has 2 aliphatic heterocycles. The summed E-state index contributed by atoms with van der Waals surface area (Å²) in [4.78, 5) is 0. The van der Waals surface area contributed by atoms with Crippen molar-refractivity contribution in [2.45, 2.75) is 37.9 Å². The third-order valence-electron chi connectivity index (χ3n) is 2.77. The summed E-state index contributed by atoms with van der Waals surface area (Å²) in [5.41, 5.74) is 0.839. The minimum atomic E-state index is -0.831. The fraction of sp³-hybridized carbons (Fsp3) is 0.800. The average molecular weight is 185 g/mol. The smallest absolute Gasteiger partial charge is 0.140 e. The molecule has 0 spiro atoms. The molecule has 1 N–H and O–H groups in total. The van der Waals surface area contributed by atoms with Crippen molar-refractivity contribution < 1.29 is 9.13 Å². The second kappa shape index (κ2) is 4.09. The van der Waals surface area contributed by atoms with E-state index in [1.54, 1.807) is 6.26 Å². The van der Waals surface area contributed by atoms with Gasteiger partial charge in [-0.3, -0.25) is 0 Å². The van der Waals surface area contributed by atoms with Gasteiger partial charge in [-0.15, -0.1) is 0 Å². The Balaban J connectivity index is 1.94. The number of hydrogen-bond donors (Lipinski definition) is 1. The van der Waals surface area contributed by atoms with Gasteiger partial charge in [0.1, 0.15) is 6.17 Å². The number of ether oxygens (including phenoxy) is 1.